The quantitative estimate of drug-likeness (QED) is 0.592. The van der Waals surface area contributed by atoms with Gasteiger partial charge in [0, 0.05) is 38.2 Å². The van der Waals surface area contributed by atoms with E-state index in [-0.39, 0.29) is 11.8 Å². The number of aromatic nitrogens is 4. The zero-order chi connectivity index (χ0) is 21.6. The van der Waals surface area contributed by atoms with Crippen molar-refractivity contribution in [3.8, 4) is 17.4 Å². The molecule has 4 rings (SSSR count). The maximum Gasteiger partial charge on any atom is 0.236 e. The van der Waals surface area contributed by atoms with E-state index in [2.05, 4.69) is 25.2 Å². The van der Waals surface area contributed by atoms with Gasteiger partial charge in [-0.15, -0.1) is 0 Å². The molecule has 3 heterocycles. The Bertz CT molecular complexity index is 1020. The third-order valence-electron chi connectivity index (χ3n) is 5.41. The summed E-state index contributed by atoms with van der Waals surface area (Å²) in [5.41, 5.74) is 1.08. The van der Waals surface area contributed by atoms with E-state index in [1.807, 2.05) is 24.3 Å². The Labute approximate surface area is 181 Å². The number of nitrogens with one attached hydrogen (secondary N) is 1. The molecule has 1 saturated heterocycles. The number of anilines is 1. The van der Waals surface area contributed by atoms with Crippen LogP contribution in [0.1, 0.15) is 12.0 Å². The van der Waals surface area contributed by atoms with E-state index in [4.69, 9.17) is 9.47 Å². The van der Waals surface area contributed by atoms with Crippen LogP contribution < -0.4 is 19.7 Å². The average Bonchev–Trinajstić information content (AvgIpc) is 3.51. The van der Waals surface area contributed by atoms with Gasteiger partial charge in [0.05, 0.1) is 20.1 Å². The van der Waals surface area contributed by atoms with Gasteiger partial charge in [0.1, 0.15) is 12.1 Å². The van der Waals surface area contributed by atoms with Gasteiger partial charge in [0.15, 0.2) is 11.5 Å². The van der Waals surface area contributed by atoms with Crippen LogP contribution in [0.15, 0.2) is 49.2 Å². The normalized spacial score (nSPS) is 15.7. The fraction of sp³-hybridized carbons (Fsp3) is 0.364. The second kappa shape index (κ2) is 9.46. The molecule has 1 aromatic carbocycles. The third kappa shape index (κ3) is 4.76. The molecular weight excluding hydrogens is 396 g/mol. The zero-order valence-electron chi connectivity index (χ0n) is 17.7. The number of rotatable bonds is 8. The van der Waals surface area contributed by atoms with Crippen molar-refractivity contribution in [3.05, 3.63) is 54.7 Å². The van der Waals surface area contributed by atoms with E-state index < -0.39 is 0 Å². The second-order valence-electron chi connectivity index (χ2n) is 7.35. The van der Waals surface area contributed by atoms with Gasteiger partial charge in [-0.3, -0.25) is 9.36 Å². The molecule has 3 aromatic rings. The minimum Gasteiger partial charge on any atom is -0.493 e. The molecule has 2 aromatic heterocycles. The number of imidazole rings is 1. The zero-order valence-corrected chi connectivity index (χ0v) is 17.7. The number of methoxy groups -OCH3 is 2. The first-order valence-electron chi connectivity index (χ1n) is 10.2. The molecule has 0 spiro atoms. The van der Waals surface area contributed by atoms with Gasteiger partial charge in [-0.1, -0.05) is 6.07 Å². The predicted octanol–water partition coefficient (Wildman–Crippen LogP) is 1.86. The Hall–Kier alpha value is -3.62. The molecule has 1 fully saturated rings. The van der Waals surface area contributed by atoms with Crippen LogP contribution in [0.4, 0.5) is 5.82 Å². The topological polar surface area (TPSA) is 94.4 Å². The minimum atomic E-state index is -0.0583. The van der Waals surface area contributed by atoms with E-state index in [0.717, 1.165) is 30.8 Å². The van der Waals surface area contributed by atoms with Crippen LogP contribution in [0.3, 0.4) is 0 Å². The van der Waals surface area contributed by atoms with Crippen LogP contribution >= 0.6 is 0 Å². The number of hydrogen-bond donors (Lipinski definition) is 1. The smallest absolute Gasteiger partial charge is 0.236 e. The first kappa shape index (κ1) is 20.6. The highest BCUT2D eigenvalue weighted by atomic mass is 16.5. The molecule has 9 heteroatoms. The molecule has 1 aliphatic rings. The number of benzene rings is 1. The molecule has 162 valence electrons. The van der Waals surface area contributed by atoms with E-state index in [1.165, 1.54) is 0 Å². The Balaban J connectivity index is 1.30. The Morgan fingerprint density at radius 2 is 2.06 bits per heavy atom. The van der Waals surface area contributed by atoms with Gasteiger partial charge in [0.2, 0.25) is 11.9 Å². The molecule has 0 bridgehead atoms. The highest BCUT2D eigenvalue weighted by Gasteiger charge is 2.29. The van der Waals surface area contributed by atoms with Crippen molar-refractivity contribution in [2.75, 3.05) is 38.8 Å². The lowest BCUT2D eigenvalue weighted by molar-refractivity contribution is -0.124. The fourth-order valence-corrected chi connectivity index (χ4v) is 3.71. The minimum absolute atomic E-state index is 0.0583. The van der Waals surface area contributed by atoms with Crippen LogP contribution in [0.2, 0.25) is 0 Å². The van der Waals surface area contributed by atoms with E-state index >= 15 is 0 Å². The molecule has 1 atom stereocenters. The van der Waals surface area contributed by atoms with E-state index in [9.17, 15) is 4.79 Å². The number of hydrogen-bond acceptors (Lipinski definition) is 7. The van der Waals surface area contributed by atoms with Crippen LogP contribution in [0.5, 0.6) is 11.5 Å². The lowest BCUT2D eigenvalue weighted by atomic mass is 10.1. The Kier molecular flexibility index (Phi) is 6.30. The van der Waals surface area contributed by atoms with Crippen molar-refractivity contribution in [1.82, 2.24) is 24.8 Å². The lowest BCUT2D eigenvalue weighted by Gasteiger charge is -2.18. The van der Waals surface area contributed by atoms with Gasteiger partial charge in [0.25, 0.3) is 0 Å². The average molecular weight is 422 g/mol. The largest absolute Gasteiger partial charge is 0.493 e. The Morgan fingerprint density at radius 3 is 2.84 bits per heavy atom. The number of carbonyl (C=O) groups is 1. The first-order valence-corrected chi connectivity index (χ1v) is 10.2. The van der Waals surface area contributed by atoms with Crippen molar-refractivity contribution in [3.63, 3.8) is 0 Å². The third-order valence-corrected chi connectivity index (χ3v) is 5.41. The number of amides is 1. The predicted molar refractivity (Wildman–Crippen MR) is 116 cm³/mol. The van der Waals surface area contributed by atoms with Gasteiger partial charge in [-0.2, -0.15) is 4.98 Å². The first-order chi connectivity index (χ1) is 15.2. The summed E-state index contributed by atoms with van der Waals surface area (Å²) in [6.45, 7) is 2.00. The molecule has 0 radical (unpaired) electrons. The van der Waals surface area contributed by atoms with Crippen LogP contribution in [-0.4, -0.2) is 59.3 Å². The summed E-state index contributed by atoms with van der Waals surface area (Å²) in [5, 5.41) is 3.06. The summed E-state index contributed by atoms with van der Waals surface area (Å²) < 4.78 is 12.4. The molecule has 0 saturated carbocycles. The summed E-state index contributed by atoms with van der Waals surface area (Å²) in [7, 11) is 3.23. The molecule has 0 aliphatic carbocycles. The maximum absolute atomic E-state index is 12.7. The van der Waals surface area contributed by atoms with Crippen molar-refractivity contribution >= 4 is 11.7 Å². The van der Waals surface area contributed by atoms with E-state index in [0.29, 0.717) is 30.5 Å². The molecule has 1 amide bonds. The number of ether oxygens (including phenoxy) is 2. The van der Waals surface area contributed by atoms with E-state index in [1.54, 1.807) is 43.7 Å². The number of carbonyl (C=O) groups excluding carboxylic acids is 1. The lowest BCUT2D eigenvalue weighted by Crippen LogP contribution is -2.34. The monoisotopic (exact) mass is 422 g/mol. The molecular formula is C22H26N6O3. The summed E-state index contributed by atoms with van der Waals surface area (Å²) >= 11 is 0. The summed E-state index contributed by atoms with van der Waals surface area (Å²) in [5.74, 6) is 2.79. The summed E-state index contributed by atoms with van der Waals surface area (Å²) in [6, 6.07) is 7.68. The van der Waals surface area contributed by atoms with Crippen molar-refractivity contribution in [2.24, 2.45) is 5.92 Å². The SMILES string of the molecule is COc1ccc(CCNC(=O)C2CCN(c3ccnc(-n4ccnc4)n3)C2)cc1OC. The molecule has 1 N–H and O–H groups in total. The second-order valence-corrected chi connectivity index (χ2v) is 7.35. The highest BCUT2D eigenvalue weighted by molar-refractivity contribution is 5.80. The molecule has 1 unspecified atom stereocenters. The van der Waals surface area contributed by atoms with Gasteiger partial charge in [-0.25, -0.2) is 9.97 Å². The van der Waals surface area contributed by atoms with Gasteiger partial charge < -0.3 is 19.7 Å². The summed E-state index contributed by atoms with van der Waals surface area (Å²) in [6.07, 6.45) is 8.41. The number of nitrogens with zero attached hydrogens (tertiary/aromatic N) is 5. The van der Waals surface area contributed by atoms with Gasteiger partial charge in [-0.05, 0) is 36.6 Å². The Morgan fingerprint density at radius 1 is 1.19 bits per heavy atom. The van der Waals surface area contributed by atoms with Crippen molar-refractivity contribution < 1.29 is 14.3 Å². The molecule has 9 nitrogen and oxygen atoms in total. The van der Waals surface area contributed by atoms with Crippen LogP contribution in [0.25, 0.3) is 5.95 Å². The van der Waals surface area contributed by atoms with Gasteiger partial charge >= 0.3 is 0 Å². The van der Waals surface area contributed by atoms with Crippen LogP contribution in [0, 0.1) is 5.92 Å². The van der Waals surface area contributed by atoms with Crippen molar-refractivity contribution in [2.45, 2.75) is 12.8 Å². The fourth-order valence-electron chi connectivity index (χ4n) is 3.71. The highest BCUT2D eigenvalue weighted by Crippen LogP contribution is 2.27. The summed E-state index contributed by atoms with van der Waals surface area (Å²) in [4.78, 5) is 27.7. The molecule has 1 aliphatic heterocycles. The standard InChI is InChI=1S/C22H26N6O3/c1-30-18-4-3-16(13-19(18)31-2)5-8-24-21(29)17-7-11-27(14-17)20-6-9-25-22(26-20)28-12-10-23-15-28/h3-4,6,9-10,12-13,15,17H,5,7-8,11,14H2,1-2H3,(H,24,29). The van der Waals surface area contributed by atoms with Crippen molar-refractivity contribution in [1.29, 1.82) is 0 Å². The van der Waals surface area contributed by atoms with Crippen LogP contribution in [-0.2, 0) is 11.2 Å². The maximum atomic E-state index is 12.7. The molecule has 31 heavy (non-hydrogen) atoms.